The molecule has 3 heteroatoms. The van der Waals surface area contributed by atoms with Crippen molar-refractivity contribution in [3.05, 3.63) is 11.6 Å². The van der Waals surface area contributed by atoms with Gasteiger partial charge in [-0.15, -0.1) is 0 Å². The Hall–Kier alpha value is -1.30. The fraction of sp³-hybridized carbons (Fsp3) is 0.556. The lowest BCUT2D eigenvalue weighted by Gasteiger charge is -1.98. The minimum Gasteiger partial charge on any atom is -0.478 e. The summed E-state index contributed by atoms with van der Waals surface area (Å²) in [5.41, 5.74) is 0.214. The molecule has 0 amide bonds. The lowest BCUT2D eigenvalue weighted by atomic mass is 10.1. The highest BCUT2D eigenvalue weighted by Crippen LogP contribution is 2.08. The Bertz CT molecular complexity index is 213. The van der Waals surface area contributed by atoms with Gasteiger partial charge < -0.3 is 5.11 Å². The van der Waals surface area contributed by atoms with E-state index >= 15 is 0 Å². The summed E-state index contributed by atoms with van der Waals surface area (Å²) in [6, 6.07) is 1.73. The molecule has 0 atom stereocenters. The molecule has 0 aromatic carbocycles. The number of hydrogen-bond acceptors (Lipinski definition) is 2. The van der Waals surface area contributed by atoms with E-state index in [1.54, 1.807) is 6.07 Å². The topological polar surface area (TPSA) is 61.1 Å². The van der Waals surface area contributed by atoms with Crippen LogP contribution in [0.15, 0.2) is 11.6 Å². The van der Waals surface area contributed by atoms with Crippen LogP contribution in [0.2, 0.25) is 0 Å². The van der Waals surface area contributed by atoms with E-state index in [0.29, 0.717) is 6.42 Å². The lowest BCUT2D eigenvalue weighted by molar-refractivity contribution is -0.132. The van der Waals surface area contributed by atoms with Gasteiger partial charge in [0.15, 0.2) is 0 Å². The molecule has 12 heavy (non-hydrogen) atoms. The second kappa shape index (κ2) is 6.41. The van der Waals surface area contributed by atoms with Gasteiger partial charge in [0.05, 0.1) is 6.07 Å². The van der Waals surface area contributed by atoms with Crippen molar-refractivity contribution in [3.63, 3.8) is 0 Å². The summed E-state index contributed by atoms with van der Waals surface area (Å²) in [4.78, 5) is 10.5. The first kappa shape index (κ1) is 10.7. The van der Waals surface area contributed by atoms with Crippen molar-refractivity contribution in [1.29, 1.82) is 5.26 Å². The highest BCUT2D eigenvalue weighted by molar-refractivity contribution is 5.87. The maximum absolute atomic E-state index is 10.5. The number of carboxylic acid groups (broad SMARTS) is 1. The lowest BCUT2D eigenvalue weighted by Crippen LogP contribution is -2.00. The maximum atomic E-state index is 10.5. The number of nitriles is 1. The van der Waals surface area contributed by atoms with Gasteiger partial charge in [-0.3, -0.25) is 0 Å². The minimum atomic E-state index is -0.979. The molecule has 0 aromatic rings. The zero-order chi connectivity index (χ0) is 9.40. The van der Waals surface area contributed by atoms with Crippen molar-refractivity contribution in [2.75, 3.05) is 0 Å². The molecule has 1 N–H and O–H groups in total. The number of aliphatic carboxylic acids is 1. The van der Waals surface area contributed by atoms with Crippen molar-refractivity contribution >= 4 is 5.97 Å². The van der Waals surface area contributed by atoms with Crippen molar-refractivity contribution in [2.45, 2.75) is 32.6 Å². The number of rotatable bonds is 5. The Morgan fingerprint density at radius 1 is 1.58 bits per heavy atom. The largest absolute Gasteiger partial charge is 0.478 e. The van der Waals surface area contributed by atoms with Crippen LogP contribution in [-0.4, -0.2) is 11.1 Å². The first-order valence-electron chi connectivity index (χ1n) is 4.04. The van der Waals surface area contributed by atoms with Gasteiger partial charge in [0.25, 0.3) is 0 Å². The van der Waals surface area contributed by atoms with Crippen LogP contribution in [0.3, 0.4) is 0 Å². The SMILES string of the molecule is CCCCCC(=CC#N)C(=O)O. The smallest absolute Gasteiger partial charge is 0.332 e. The molecule has 0 saturated carbocycles. The van der Waals surface area contributed by atoms with Crippen LogP contribution in [0.1, 0.15) is 32.6 Å². The fourth-order valence-electron chi connectivity index (χ4n) is 0.884. The first-order chi connectivity index (χ1) is 5.72. The van der Waals surface area contributed by atoms with E-state index in [1.807, 2.05) is 0 Å². The molecule has 66 valence electrons. The average Bonchev–Trinajstić information content (AvgIpc) is 2.03. The molecule has 0 radical (unpaired) electrons. The summed E-state index contributed by atoms with van der Waals surface area (Å²) in [6.07, 6.45) is 4.51. The van der Waals surface area contributed by atoms with Gasteiger partial charge in [0.1, 0.15) is 0 Å². The molecule has 0 aliphatic heterocycles. The first-order valence-corrected chi connectivity index (χ1v) is 4.04. The molecule has 0 saturated heterocycles. The highest BCUT2D eigenvalue weighted by atomic mass is 16.4. The minimum absolute atomic E-state index is 0.214. The summed E-state index contributed by atoms with van der Waals surface area (Å²) in [5, 5.41) is 16.8. The number of allylic oxidation sites excluding steroid dienone is 1. The Labute approximate surface area is 72.3 Å². The molecule has 0 fully saturated rings. The Morgan fingerprint density at radius 3 is 2.67 bits per heavy atom. The molecule has 0 spiro atoms. The third kappa shape index (κ3) is 4.51. The van der Waals surface area contributed by atoms with Crippen molar-refractivity contribution in [2.24, 2.45) is 0 Å². The fourth-order valence-corrected chi connectivity index (χ4v) is 0.884. The third-order valence-electron chi connectivity index (χ3n) is 1.56. The normalized spacial score (nSPS) is 10.8. The average molecular weight is 167 g/mol. The van der Waals surface area contributed by atoms with Crippen LogP contribution in [0.5, 0.6) is 0 Å². The summed E-state index contributed by atoms with van der Waals surface area (Å²) in [6.45, 7) is 2.05. The van der Waals surface area contributed by atoms with Crippen molar-refractivity contribution < 1.29 is 9.90 Å². The number of nitrogens with zero attached hydrogens (tertiary/aromatic N) is 1. The number of carboxylic acids is 1. The number of unbranched alkanes of at least 4 members (excludes halogenated alkanes) is 2. The maximum Gasteiger partial charge on any atom is 0.332 e. The monoisotopic (exact) mass is 167 g/mol. The zero-order valence-corrected chi connectivity index (χ0v) is 7.21. The van der Waals surface area contributed by atoms with Crippen LogP contribution in [0.4, 0.5) is 0 Å². The molecule has 0 bridgehead atoms. The Morgan fingerprint density at radius 2 is 2.25 bits per heavy atom. The van der Waals surface area contributed by atoms with Gasteiger partial charge in [-0.25, -0.2) is 4.79 Å². The number of hydrogen-bond donors (Lipinski definition) is 1. The summed E-state index contributed by atoms with van der Waals surface area (Å²) in [7, 11) is 0. The van der Waals surface area contributed by atoms with E-state index in [9.17, 15) is 4.79 Å². The summed E-state index contributed by atoms with van der Waals surface area (Å²) >= 11 is 0. The van der Waals surface area contributed by atoms with E-state index in [1.165, 1.54) is 0 Å². The second-order valence-corrected chi connectivity index (χ2v) is 2.56. The van der Waals surface area contributed by atoms with Gasteiger partial charge >= 0.3 is 5.97 Å². The van der Waals surface area contributed by atoms with Crippen LogP contribution >= 0.6 is 0 Å². The van der Waals surface area contributed by atoms with Gasteiger partial charge in [-0.1, -0.05) is 19.8 Å². The molecule has 0 aliphatic rings. The summed E-state index contributed by atoms with van der Waals surface area (Å²) < 4.78 is 0. The van der Waals surface area contributed by atoms with E-state index in [-0.39, 0.29) is 5.57 Å². The van der Waals surface area contributed by atoms with E-state index < -0.39 is 5.97 Å². The van der Waals surface area contributed by atoms with Crippen molar-refractivity contribution in [3.8, 4) is 6.07 Å². The Kier molecular flexibility index (Phi) is 5.72. The molecule has 0 rings (SSSR count). The van der Waals surface area contributed by atoms with Gasteiger partial charge in [-0.05, 0) is 12.8 Å². The molecule has 3 nitrogen and oxygen atoms in total. The van der Waals surface area contributed by atoms with Gasteiger partial charge in [-0.2, -0.15) is 5.26 Å². The number of carbonyl (C=O) groups is 1. The van der Waals surface area contributed by atoms with Crippen LogP contribution in [0, 0.1) is 11.3 Å². The highest BCUT2D eigenvalue weighted by Gasteiger charge is 2.05. The Balaban J connectivity index is 3.91. The van der Waals surface area contributed by atoms with E-state index in [4.69, 9.17) is 10.4 Å². The van der Waals surface area contributed by atoms with E-state index in [2.05, 4.69) is 6.92 Å². The van der Waals surface area contributed by atoms with Crippen LogP contribution in [-0.2, 0) is 4.79 Å². The van der Waals surface area contributed by atoms with Crippen LogP contribution < -0.4 is 0 Å². The molecule has 0 aliphatic carbocycles. The molecular weight excluding hydrogens is 154 g/mol. The predicted octanol–water partition coefficient (Wildman–Crippen LogP) is 2.10. The molecule has 0 unspecified atom stereocenters. The zero-order valence-electron chi connectivity index (χ0n) is 7.21. The van der Waals surface area contributed by atoms with Crippen LogP contribution in [0.25, 0.3) is 0 Å². The standard InChI is InChI=1S/C9H13NO2/c1-2-3-4-5-8(6-7-10)9(11)12/h6H,2-5H2,1H3,(H,11,12). The second-order valence-electron chi connectivity index (χ2n) is 2.56. The van der Waals surface area contributed by atoms with Crippen molar-refractivity contribution in [1.82, 2.24) is 0 Å². The van der Waals surface area contributed by atoms with Gasteiger partial charge in [0, 0.05) is 11.6 Å². The molecule has 0 aromatic heterocycles. The molecule has 0 heterocycles. The summed E-state index contributed by atoms with van der Waals surface area (Å²) in [5.74, 6) is -0.979. The predicted molar refractivity (Wildman–Crippen MR) is 45.5 cm³/mol. The third-order valence-corrected chi connectivity index (χ3v) is 1.56. The van der Waals surface area contributed by atoms with E-state index in [0.717, 1.165) is 25.3 Å². The van der Waals surface area contributed by atoms with Gasteiger partial charge in [0.2, 0.25) is 0 Å². The molecular formula is C9H13NO2. The quantitative estimate of drug-likeness (QED) is 0.387.